The summed E-state index contributed by atoms with van der Waals surface area (Å²) < 4.78 is 39.7. The number of hydrogen-bond donors (Lipinski definition) is 1. The molecule has 0 bridgehead atoms. The van der Waals surface area contributed by atoms with Gasteiger partial charge in [-0.2, -0.15) is 0 Å². The van der Waals surface area contributed by atoms with Crippen molar-refractivity contribution in [3.63, 3.8) is 0 Å². The van der Waals surface area contributed by atoms with Crippen LogP contribution in [0, 0.1) is 0 Å². The number of nitrogens with zero attached hydrogens (tertiary/aromatic N) is 2. The monoisotopic (exact) mass is 317 g/mol. The average Bonchev–Trinajstić information content (AvgIpc) is 2.85. The van der Waals surface area contributed by atoms with Crippen LogP contribution in [-0.2, 0) is 6.42 Å². The third kappa shape index (κ3) is 4.42. The smallest absolute Gasteiger partial charge is 0.406 e. The maximum Gasteiger partial charge on any atom is 0.573 e. The summed E-state index contributed by atoms with van der Waals surface area (Å²) in [6, 6.07) is 4.61. The molecule has 0 spiro atoms. The van der Waals surface area contributed by atoms with Crippen LogP contribution in [0.4, 0.5) is 18.3 Å². The van der Waals surface area contributed by atoms with Crippen molar-refractivity contribution < 1.29 is 22.7 Å². The van der Waals surface area contributed by atoms with Crippen LogP contribution in [0.15, 0.2) is 24.3 Å². The Bertz CT molecular complexity index is 625. The number of aryl methyl sites for hydroxylation is 1. The number of hydrogen-bond acceptors (Lipinski definition) is 5. The van der Waals surface area contributed by atoms with Crippen LogP contribution in [0.2, 0.25) is 0 Å². The molecule has 9 heteroatoms. The summed E-state index contributed by atoms with van der Waals surface area (Å²) in [6.45, 7) is 1.91. The molecule has 0 aliphatic rings. The van der Waals surface area contributed by atoms with Crippen LogP contribution in [0.3, 0.4) is 0 Å². The summed E-state index contributed by atoms with van der Waals surface area (Å²) in [5.74, 6) is -0.865. The van der Waals surface area contributed by atoms with Gasteiger partial charge in [0.05, 0.1) is 0 Å². The zero-order valence-electron chi connectivity index (χ0n) is 10.8. The van der Waals surface area contributed by atoms with Crippen molar-refractivity contribution in [2.45, 2.75) is 19.7 Å². The summed E-state index contributed by atoms with van der Waals surface area (Å²) in [4.78, 5) is 11.9. The van der Waals surface area contributed by atoms with Gasteiger partial charge in [0, 0.05) is 5.56 Å². The Balaban J connectivity index is 2.02. The number of carbonyl (C=O) groups is 1. The SMILES string of the molecule is CCc1nnc(NC(=O)c2ccc(OC(F)(F)F)cc2)s1. The number of carbonyl (C=O) groups excluding carboxylic acids is 1. The molecule has 0 fully saturated rings. The summed E-state index contributed by atoms with van der Waals surface area (Å²) in [6.07, 6.45) is -4.05. The molecule has 0 atom stereocenters. The fraction of sp³-hybridized carbons (Fsp3) is 0.250. The van der Waals surface area contributed by atoms with E-state index >= 15 is 0 Å². The minimum Gasteiger partial charge on any atom is -0.406 e. The van der Waals surface area contributed by atoms with Crippen molar-refractivity contribution in [1.29, 1.82) is 0 Å². The van der Waals surface area contributed by atoms with E-state index in [2.05, 4.69) is 20.3 Å². The standard InChI is InChI=1S/C12H10F3N3O2S/c1-2-9-17-18-11(21-9)16-10(19)7-3-5-8(6-4-7)20-12(13,14)15/h3-6H,2H2,1H3,(H,16,18,19). The Labute approximate surface area is 121 Å². The molecular formula is C12H10F3N3O2S. The number of anilines is 1. The van der Waals surface area contributed by atoms with Gasteiger partial charge in [-0.25, -0.2) is 0 Å². The van der Waals surface area contributed by atoms with Crippen molar-refractivity contribution in [3.05, 3.63) is 34.8 Å². The van der Waals surface area contributed by atoms with E-state index in [9.17, 15) is 18.0 Å². The third-order valence-corrected chi connectivity index (χ3v) is 3.32. The molecule has 2 aromatic rings. The van der Waals surface area contributed by atoms with Gasteiger partial charge in [-0.3, -0.25) is 10.1 Å². The summed E-state index contributed by atoms with van der Waals surface area (Å²) in [5, 5.41) is 11.3. The molecule has 112 valence electrons. The highest BCUT2D eigenvalue weighted by Gasteiger charge is 2.31. The van der Waals surface area contributed by atoms with E-state index in [-0.39, 0.29) is 11.3 Å². The van der Waals surface area contributed by atoms with Gasteiger partial charge in [0.25, 0.3) is 5.91 Å². The Morgan fingerprint density at radius 2 is 1.95 bits per heavy atom. The first-order valence-electron chi connectivity index (χ1n) is 5.87. The molecule has 0 saturated heterocycles. The Morgan fingerprint density at radius 3 is 2.48 bits per heavy atom. The van der Waals surface area contributed by atoms with E-state index in [1.165, 1.54) is 23.5 Å². The molecule has 5 nitrogen and oxygen atoms in total. The van der Waals surface area contributed by atoms with Gasteiger partial charge in [0.2, 0.25) is 5.13 Å². The first kappa shape index (κ1) is 15.2. The number of ether oxygens (including phenoxy) is 1. The molecule has 1 N–H and O–H groups in total. The van der Waals surface area contributed by atoms with E-state index in [0.29, 0.717) is 11.6 Å². The van der Waals surface area contributed by atoms with Crippen LogP contribution in [-0.4, -0.2) is 22.5 Å². The van der Waals surface area contributed by atoms with Crippen LogP contribution in [0.1, 0.15) is 22.3 Å². The lowest BCUT2D eigenvalue weighted by atomic mass is 10.2. The molecule has 0 saturated carbocycles. The molecule has 0 radical (unpaired) electrons. The Hall–Kier alpha value is -2.16. The second-order valence-corrected chi connectivity index (χ2v) is 4.94. The van der Waals surface area contributed by atoms with Crippen molar-refractivity contribution in [2.75, 3.05) is 5.32 Å². The van der Waals surface area contributed by atoms with Crippen molar-refractivity contribution in [3.8, 4) is 5.75 Å². The van der Waals surface area contributed by atoms with E-state index in [1.54, 1.807) is 0 Å². The number of halogens is 3. The fourth-order valence-electron chi connectivity index (χ4n) is 1.42. The summed E-state index contributed by atoms with van der Waals surface area (Å²) in [5.41, 5.74) is 0.192. The molecule has 0 aliphatic carbocycles. The van der Waals surface area contributed by atoms with Crippen LogP contribution in [0.25, 0.3) is 0 Å². The molecule has 1 amide bonds. The fourth-order valence-corrected chi connectivity index (χ4v) is 2.10. The number of benzene rings is 1. The highest BCUT2D eigenvalue weighted by atomic mass is 32.1. The van der Waals surface area contributed by atoms with Gasteiger partial charge >= 0.3 is 6.36 Å². The lowest BCUT2D eigenvalue weighted by molar-refractivity contribution is -0.274. The van der Waals surface area contributed by atoms with E-state index in [4.69, 9.17) is 0 Å². The number of nitrogens with one attached hydrogen (secondary N) is 1. The highest BCUT2D eigenvalue weighted by molar-refractivity contribution is 7.15. The zero-order chi connectivity index (χ0) is 15.5. The van der Waals surface area contributed by atoms with Crippen LogP contribution < -0.4 is 10.1 Å². The van der Waals surface area contributed by atoms with Crippen LogP contribution >= 0.6 is 11.3 Å². The van der Waals surface area contributed by atoms with Gasteiger partial charge in [0.1, 0.15) is 10.8 Å². The molecule has 1 heterocycles. The van der Waals surface area contributed by atoms with Gasteiger partial charge in [-0.1, -0.05) is 18.3 Å². The topological polar surface area (TPSA) is 64.1 Å². The lowest BCUT2D eigenvalue weighted by Crippen LogP contribution is -2.17. The largest absolute Gasteiger partial charge is 0.573 e. The molecule has 21 heavy (non-hydrogen) atoms. The van der Waals surface area contributed by atoms with Gasteiger partial charge in [-0.05, 0) is 30.7 Å². The van der Waals surface area contributed by atoms with Crippen molar-refractivity contribution in [1.82, 2.24) is 10.2 Å². The molecule has 1 aromatic heterocycles. The second-order valence-electron chi connectivity index (χ2n) is 3.88. The maximum atomic E-state index is 12.0. The number of aromatic nitrogens is 2. The van der Waals surface area contributed by atoms with Gasteiger partial charge in [0.15, 0.2) is 0 Å². The Morgan fingerprint density at radius 1 is 1.29 bits per heavy atom. The minimum absolute atomic E-state index is 0.192. The molecule has 1 aromatic carbocycles. The molecule has 0 aliphatic heterocycles. The number of amides is 1. The molecule has 2 rings (SSSR count). The van der Waals surface area contributed by atoms with Gasteiger partial charge in [-0.15, -0.1) is 23.4 Å². The van der Waals surface area contributed by atoms with E-state index in [0.717, 1.165) is 17.1 Å². The van der Waals surface area contributed by atoms with E-state index < -0.39 is 12.3 Å². The quantitative estimate of drug-likeness (QED) is 0.940. The Kier molecular flexibility index (Phi) is 4.41. The second kappa shape index (κ2) is 6.08. The van der Waals surface area contributed by atoms with Gasteiger partial charge < -0.3 is 4.74 Å². The van der Waals surface area contributed by atoms with Crippen molar-refractivity contribution in [2.24, 2.45) is 0 Å². The first-order valence-corrected chi connectivity index (χ1v) is 6.68. The third-order valence-electron chi connectivity index (χ3n) is 2.34. The predicted octanol–water partition coefficient (Wildman–Crippen LogP) is 3.25. The first-order chi connectivity index (χ1) is 9.87. The summed E-state index contributed by atoms with van der Waals surface area (Å²) >= 11 is 1.24. The summed E-state index contributed by atoms with van der Waals surface area (Å²) in [7, 11) is 0. The highest BCUT2D eigenvalue weighted by Crippen LogP contribution is 2.23. The molecular weight excluding hydrogens is 307 g/mol. The zero-order valence-corrected chi connectivity index (χ0v) is 11.6. The van der Waals surface area contributed by atoms with Crippen molar-refractivity contribution >= 4 is 22.4 Å². The molecule has 0 unspecified atom stereocenters. The predicted molar refractivity (Wildman–Crippen MR) is 70.4 cm³/mol. The number of rotatable bonds is 4. The average molecular weight is 317 g/mol. The maximum absolute atomic E-state index is 12.0. The normalized spacial score (nSPS) is 11.2. The van der Waals surface area contributed by atoms with E-state index in [1.807, 2.05) is 6.92 Å². The minimum atomic E-state index is -4.76. The number of alkyl halides is 3. The lowest BCUT2D eigenvalue weighted by Gasteiger charge is -2.08. The van der Waals surface area contributed by atoms with Crippen LogP contribution in [0.5, 0.6) is 5.75 Å².